The fraction of sp³-hybridized carbons (Fsp3) is 0.583. The summed E-state index contributed by atoms with van der Waals surface area (Å²) >= 11 is 0. The Bertz CT molecular complexity index is 505. The first-order valence-corrected chi connectivity index (χ1v) is 6.22. The van der Waals surface area contributed by atoms with Crippen molar-refractivity contribution in [1.29, 1.82) is 0 Å². The lowest BCUT2D eigenvalue weighted by Gasteiger charge is -2.14. The minimum absolute atomic E-state index is 0.189. The monoisotopic (exact) mass is 249 g/mol. The number of hydrogen-bond acceptors (Lipinski definition) is 4. The van der Waals surface area contributed by atoms with Crippen LogP contribution in [0.4, 0.5) is 0 Å². The summed E-state index contributed by atoms with van der Waals surface area (Å²) in [6.45, 7) is 3.07. The molecule has 6 nitrogen and oxygen atoms in total. The summed E-state index contributed by atoms with van der Waals surface area (Å²) in [6.07, 6.45) is 1.98. The summed E-state index contributed by atoms with van der Waals surface area (Å²) in [5.74, 6) is -0.0295. The molecule has 1 aromatic rings. The van der Waals surface area contributed by atoms with E-state index in [1.807, 2.05) is 0 Å². The Hall–Kier alpha value is -1.85. The molecule has 0 bridgehead atoms. The topological polar surface area (TPSA) is 75.3 Å². The minimum atomic E-state index is -0.421. The van der Waals surface area contributed by atoms with Gasteiger partial charge < -0.3 is 9.64 Å². The fourth-order valence-corrected chi connectivity index (χ4v) is 2.25. The van der Waals surface area contributed by atoms with E-state index in [0.29, 0.717) is 25.4 Å². The average Bonchev–Trinajstić information content (AvgIpc) is 2.98. The second-order valence-electron chi connectivity index (χ2n) is 4.72. The van der Waals surface area contributed by atoms with Crippen molar-refractivity contribution in [1.82, 2.24) is 15.1 Å². The Morgan fingerprint density at radius 3 is 2.89 bits per heavy atom. The quantitative estimate of drug-likeness (QED) is 0.805. The number of fused-ring (bicyclic) bond motifs is 1. The Morgan fingerprint density at radius 2 is 2.22 bits per heavy atom. The predicted molar refractivity (Wildman–Crippen MR) is 61.5 cm³/mol. The van der Waals surface area contributed by atoms with E-state index in [1.54, 1.807) is 11.8 Å². The van der Waals surface area contributed by atoms with E-state index in [4.69, 9.17) is 4.74 Å². The first kappa shape index (κ1) is 11.3. The zero-order valence-electron chi connectivity index (χ0n) is 10.2. The molecule has 18 heavy (non-hydrogen) atoms. The second kappa shape index (κ2) is 4.12. The molecule has 1 fully saturated rings. The third kappa shape index (κ3) is 1.77. The highest BCUT2D eigenvalue weighted by Crippen LogP contribution is 2.34. The SMILES string of the molecule is CCOC(=O)c1n[nH]c2c1CN(C(=O)C1CC1)C2. The average molecular weight is 249 g/mol. The molecule has 1 aromatic heterocycles. The number of aromatic amines is 1. The normalized spacial score (nSPS) is 17.7. The van der Waals surface area contributed by atoms with Gasteiger partial charge in [-0.05, 0) is 19.8 Å². The predicted octanol–water partition coefficient (Wildman–Crippen LogP) is 0.839. The molecular formula is C12H15N3O3. The standard InChI is InChI=1S/C12H15N3O3/c1-2-18-12(17)10-8-5-15(6-9(8)13-14-10)11(16)7-3-4-7/h7H,2-6H2,1H3,(H,13,14). The molecule has 1 aliphatic heterocycles. The van der Waals surface area contributed by atoms with Gasteiger partial charge in [-0.2, -0.15) is 5.10 Å². The van der Waals surface area contributed by atoms with Crippen LogP contribution in [0.25, 0.3) is 0 Å². The van der Waals surface area contributed by atoms with Crippen LogP contribution in [0, 0.1) is 5.92 Å². The zero-order valence-corrected chi connectivity index (χ0v) is 10.2. The third-order valence-electron chi connectivity index (χ3n) is 3.36. The van der Waals surface area contributed by atoms with E-state index in [2.05, 4.69) is 10.2 Å². The highest BCUT2D eigenvalue weighted by Gasteiger charge is 2.38. The number of carbonyl (C=O) groups excluding carboxylic acids is 2. The van der Waals surface area contributed by atoms with Crippen LogP contribution in [-0.4, -0.2) is 33.6 Å². The maximum atomic E-state index is 12.0. The number of nitrogens with one attached hydrogen (secondary N) is 1. The fourth-order valence-electron chi connectivity index (χ4n) is 2.25. The van der Waals surface area contributed by atoms with E-state index in [9.17, 15) is 9.59 Å². The molecular weight excluding hydrogens is 234 g/mol. The Kier molecular flexibility index (Phi) is 2.57. The smallest absolute Gasteiger partial charge is 0.359 e. The van der Waals surface area contributed by atoms with E-state index in [-0.39, 0.29) is 11.8 Å². The maximum Gasteiger partial charge on any atom is 0.359 e. The first-order valence-electron chi connectivity index (χ1n) is 6.22. The summed E-state index contributed by atoms with van der Waals surface area (Å²) < 4.78 is 4.94. The molecule has 2 aliphatic rings. The van der Waals surface area contributed by atoms with Crippen LogP contribution in [-0.2, 0) is 22.6 Å². The summed E-state index contributed by atoms with van der Waals surface area (Å²) in [4.78, 5) is 25.4. The molecule has 1 aliphatic carbocycles. The van der Waals surface area contributed by atoms with Gasteiger partial charge in [-0.25, -0.2) is 4.79 Å². The molecule has 0 saturated heterocycles. The minimum Gasteiger partial charge on any atom is -0.461 e. The van der Waals surface area contributed by atoms with Crippen molar-refractivity contribution in [2.24, 2.45) is 5.92 Å². The van der Waals surface area contributed by atoms with Crippen molar-refractivity contribution in [2.75, 3.05) is 6.61 Å². The van der Waals surface area contributed by atoms with Crippen molar-refractivity contribution < 1.29 is 14.3 Å². The molecule has 96 valence electrons. The van der Waals surface area contributed by atoms with Gasteiger partial charge in [0.1, 0.15) is 0 Å². The lowest BCUT2D eigenvalue weighted by molar-refractivity contribution is -0.133. The van der Waals surface area contributed by atoms with Gasteiger partial charge in [-0.15, -0.1) is 0 Å². The van der Waals surface area contributed by atoms with Crippen LogP contribution in [0.1, 0.15) is 41.5 Å². The number of carbonyl (C=O) groups is 2. The van der Waals surface area contributed by atoms with Crippen LogP contribution < -0.4 is 0 Å². The molecule has 1 N–H and O–H groups in total. The van der Waals surface area contributed by atoms with Gasteiger partial charge >= 0.3 is 5.97 Å². The number of rotatable bonds is 3. The van der Waals surface area contributed by atoms with Crippen molar-refractivity contribution in [3.8, 4) is 0 Å². The van der Waals surface area contributed by atoms with Crippen LogP contribution in [0.2, 0.25) is 0 Å². The molecule has 0 unspecified atom stereocenters. The highest BCUT2D eigenvalue weighted by molar-refractivity contribution is 5.90. The number of nitrogens with zero attached hydrogens (tertiary/aromatic N) is 2. The van der Waals surface area contributed by atoms with E-state index in [1.165, 1.54) is 0 Å². The number of ether oxygens (including phenoxy) is 1. The van der Waals surface area contributed by atoms with E-state index < -0.39 is 5.97 Å². The van der Waals surface area contributed by atoms with Crippen molar-refractivity contribution in [3.63, 3.8) is 0 Å². The summed E-state index contributed by atoms with van der Waals surface area (Å²) in [7, 11) is 0. The number of esters is 1. The van der Waals surface area contributed by atoms with Gasteiger partial charge in [0.05, 0.1) is 25.4 Å². The number of aromatic nitrogens is 2. The molecule has 0 radical (unpaired) electrons. The van der Waals surface area contributed by atoms with Crippen LogP contribution in [0.3, 0.4) is 0 Å². The zero-order chi connectivity index (χ0) is 12.7. The van der Waals surface area contributed by atoms with Gasteiger partial charge in [-0.3, -0.25) is 9.89 Å². The summed E-state index contributed by atoms with van der Waals surface area (Å²) in [5, 5.41) is 6.80. The molecule has 1 amide bonds. The summed E-state index contributed by atoms with van der Waals surface area (Å²) in [5.41, 5.74) is 1.98. The molecule has 3 rings (SSSR count). The van der Waals surface area contributed by atoms with Gasteiger partial charge in [0.25, 0.3) is 0 Å². The number of H-pyrrole nitrogens is 1. The van der Waals surface area contributed by atoms with Crippen LogP contribution >= 0.6 is 0 Å². The molecule has 6 heteroatoms. The Labute approximate surface area is 104 Å². The van der Waals surface area contributed by atoms with Crippen LogP contribution in [0.5, 0.6) is 0 Å². The third-order valence-corrected chi connectivity index (χ3v) is 3.36. The molecule has 0 spiro atoms. The Balaban J connectivity index is 1.77. The maximum absolute atomic E-state index is 12.0. The van der Waals surface area contributed by atoms with Gasteiger partial charge in [0, 0.05) is 11.5 Å². The molecule has 2 heterocycles. The van der Waals surface area contributed by atoms with Gasteiger partial charge in [-0.1, -0.05) is 0 Å². The van der Waals surface area contributed by atoms with Crippen molar-refractivity contribution >= 4 is 11.9 Å². The van der Waals surface area contributed by atoms with Crippen molar-refractivity contribution in [2.45, 2.75) is 32.9 Å². The lowest BCUT2D eigenvalue weighted by atomic mass is 10.2. The van der Waals surface area contributed by atoms with E-state index in [0.717, 1.165) is 24.1 Å². The molecule has 1 saturated carbocycles. The van der Waals surface area contributed by atoms with Crippen LogP contribution in [0.15, 0.2) is 0 Å². The van der Waals surface area contributed by atoms with Gasteiger partial charge in [0.2, 0.25) is 5.91 Å². The number of amides is 1. The van der Waals surface area contributed by atoms with E-state index >= 15 is 0 Å². The lowest BCUT2D eigenvalue weighted by Crippen LogP contribution is -2.27. The summed E-state index contributed by atoms with van der Waals surface area (Å²) in [6, 6.07) is 0. The highest BCUT2D eigenvalue weighted by atomic mass is 16.5. The van der Waals surface area contributed by atoms with Gasteiger partial charge in [0.15, 0.2) is 5.69 Å². The first-order chi connectivity index (χ1) is 8.70. The molecule has 0 aromatic carbocycles. The molecule has 0 atom stereocenters. The number of hydrogen-bond donors (Lipinski definition) is 1. The second-order valence-corrected chi connectivity index (χ2v) is 4.72. The largest absolute Gasteiger partial charge is 0.461 e. The Morgan fingerprint density at radius 1 is 1.44 bits per heavy atom. The van der Waals surface area contributed by atoms with Crippen molar-refractivity contribution in [3.05, 3.63) is 17.0 Å².